The van der Waals surface area contributed by atoms with E-state index in [1.807, 2.05) is 24.5 Å². The zero-order chi connectivity index (χ0) is 30.9. The van der Waals surface area contributed by atoms with Crippen LogP contribution in [0.25, 0.3) is 98.8 Å². The van der Waals surface area contributed by atoms with Gasteiger partial charge in [-0.2, -0.15) is 0 Å². The van der Waals surface area contributed by atoms with Crippen molar-refractivity contribution >= 4 is 54.3 Å². The highest BCUT2D eigenvalue weighted by molar-refractivity contribution is 6.27. The second-order valence-electron chi connectivity index (χ2n) is 12.3. The lowest BCUT2D eigenvalue weighted by Crippen LogP contribution is -1.90. The zero-order valence-electron chi connectivity index (χ0n) is 25.4. The molecule has 0 aliphatic rings. The molecule has 0 spiro atoms. The van der Waals surface area contributed by atoms with E-state index in [2.05, 4.69) is 145 Å². The van der Waals surface area contributed by atoms with Gasteiger partial charge in [0.25, 0.3) is 0 Å². The van der Waals surface area contributed by atoms with E-state index in [-0.39, 0.29) is 0 Å². The number of aromatic nitrogens is 1. The standard InChI is InChI=1S/C45H27NO/c1-2-13-42-38(10-1)41-12-5-11-37(45(41)47-42)34-9-4-8-33(27-34)36-19-15-30-16-20-39-35(18-14-29-17-21-40(36)44(30)43(29)39)32-7-3-6-31(26-32)28-22-24-46-25-23-28/h1-27H. The van der Waals surface area contributed by atoms with E-state index in [0.717, 1.165) is 33.1 Å². The number of para-hydroxylation sites is 2. The van der Waals surface area contributed by atoms with Gasteiger partial charge in [0, 0.05) is 28.7 Å². The molecule has 8 aromatic carbocycles. The van der Waals surface area contributed by atoms with Gasteiger partial charge in [-0.1, -0.05) is 121 Å². The Morgan fingerprint density at radius 2 is 0.915 bits per heavy atom. The lowest BCUT2D eigenvalue weighted by molar-refractivity contribution is 0.670. The third-order valence-electron chi connectivity index (χ3n) is 9.74. The molecule has 0 radical (unpaired) electrons. The van der Waals surface area contributed by atoms with Gasteiger partial charge in [0.05, 0.1) is 0 Å². The first-order chi connectivity index (χ1) is 23.3. The van der Waals surface area contributed by atoms with Gasteiger partial charge >= 0.3 is 0 Å². The van der Waals surface area contributed by atoms with Crippen LogP contribution < -0.4 is 0 Å². The molecular weight excluding hydrogens is 571 g/mol. The SMILES string of the molecule is c1cc(-c2ccncc2)cc(-c2ccc3ccc4c(-c5cccc(-c6cccc7c6oc6ccccc67)c5)ccc5ccc2c3c54)c1. The Kier molecular flexibility index (Phi) is 5.61. The lowest BCUT2D eigenvalue weighted by atomic mass is 9.86. The number of rotatable bonds is 4. The third kappa shape index (κ3) is 4.02. The van der Waals surface area contributed by atoms with Crippen LogP contribution in [0.15, 0.2) is 168 Å². The first kappa shape index (κ1) is 26.0. The fraction of sp³-hybridized carbons (Fsp3) is 0. The minimum absolute atomic E-state index is 0.918. The molecule has 0 aliphatic carbocycles. The molecule has 2 nitrogen and oxygen atoms in total. The van der Waals surface area contributed by atoms with Crippen molar-refractivity contribution < 1.29 is 4.42 Å². The second kappa shape index (κ2) is 10.1. The van der Waals surface area contributed by atoms with Crippen LogP contribution >= 0.6 is 0 Å². The molecule has 2 aromatic heterocycles. The van der Waals surface area contributed by atoms with Crippen LogP contribution in [0.5, 0.6) is 0 Å². The number of fused-ring (bicyclic) bond motifs is 3. The van der Waals surface area contributed by atoms with Crippen molar-refractivity contribution in [3.05, 3.63) is 164 Å². The monoisotopic (exact) mass is 597 g/mol. The average molecular weight is 598 g/mol. The fourth-order valence-corrected chi connectivity index (χ4v) is 7.54. The first-order valence-corrected chi connectivity index (χ1v) is 16.0. The Balaban J connectivity index is 1.15. The van der Waals surface area contributed by atoms with E-state index in [0.29, 0.717) is 0 Å². The molecule has 10 rings (SSSR count). The van der Waals surface area contributed by atoms with E-state index in [9.17, 15) is 0 Å². The van der Waals surface area contributed by atoms with Crippen LogP contribution in [0.1, 0.15) is 0 Å². The van der Waals surface area contributed by atoms with Crippen LogP contribution in [-0.2, 0) is 0 Å². The van der Waals surface area contributed by atoms with Crippen LogP contribution in [0.2, 0.25) is 0 Å². The van der Waals surface area contributed by atoms with Crippen LogP contribution in [0, 0.1) is 0 Å². The number of hydrogen-bond acceptors (Lipinski definition) is 2. The summed E-state index contributed by atoms with van der Waals surface area (Å²) in [5, 5.41) is 9.98. The highest BCUT2D eigenvalue weighted by Gasteiger charge is 2.17. The van der Waals surface area contributed by atoms with E-state index in [1.165, 1.54) is 65.7 Å². The molecule has 0 fully saturated rings. The molecule has 218 valence electrons. The van der Waals surface area contributed by atoms with E-state index < -0.39 is 0 Å². The summed E-state index contributed by atoms with van der Waals surface area (Å²) in [7, 11) is 0. The number of nitrogens with zero attached hydrogens (tertiary/aromatic N) is 1. The van der Waals surface area contributed by atoms with Gasteiger partial charge in [0.1, 0.15) is 11.2 Å². The summed E-state index contributed by atoms with van der Waals surface area (Å²) in [5.74, 6) is 0. The molecule has 2 heteroatoms. The minimum Gasteiger partial charge on any atom is -0.455 e. The topological polar surface area (TPSA) is 26.0 Å². The third-order valence-corrected chi connectivity index (χ3v) is 9.74. The molecule has 10 aromatic rings. The van der Waals surface area contributed by atoms with Crippen LogP contribution in [0.3, 0.4) is 0 Å². The summed E-state index contributed by atoms with van der Waals surface area (Å²) in [5.41, 5.74) is 11.3. The molecule has 0 aliphatic heterocycles. The second-order valence-corrected chi connectivity index (χ2v) is 12.3. The van der Waals surface area contributed by atoms with Gasteiger partial charge < -0.3 is 4.42 Å². The Labute approximate surface area is 271 Å². The van der Waals surface area contributed by atoms with Crippen molar-refractivity contribution in [2.75, 3.05) is 0 Å². The van der Waals surface area contributed by atoms with Crippen LogP contribution in [-0.4, -0.2) is 4.98 Å². The molecule has 0 unspecified atom stereocenters. The van der Waals surface area contributed by atoms with Crippen molar-refractivity contribution in [3.63, 3.8) is 0 Å². The van der Waals surface area contributed by atoms with Crippen molar-refractivity contribution in [1.29, 1.82) is 0 Å². The maximum absolute atomic E-state index is 6.41. The predicted octanol–water partition coefficient (Wildman–Crippen LogP) is 12.5. The van der Waals surface area contributed by atoms with Crippen molar-refractivity contribution in [2.45, 2.75) is 0 Å². The number of furan rings is 1. The Hall–Kier alpha value is -6.25. The fourth-order valence-electron chi connectivity index (χ4n) is 7.54. The van der Waals surface area contributed by atoms with Crippen molar-refractivity contribution in [3.8, 4) is 44.5 Å². The highest BCUT2D eigenvalue weighted by Crippen LogP contribution is 2.44. The van der Waals surface area contributed by atoms with Gasteiger partial charge in [-0.25, -0.2) is 0 Å². The molecule has 47 heavy (non-hydrogen) atoms. The maximum atomic E-state index is 6.41. The number of pyridine rings is 1. The summed E-state index contributed by atoms with van der Waals surface area (Å²) < 4.78 is 6.41. The Bertz CT molecular complexity index is 2790. The molecule has 0 amide bonds. The largest absolute Gasteiger partial charge is 0.455 e. The highest BCUT2D eigenvalue weighted by atomic mass is 16.3. The molecular formula is C45H27NO. The Morgan fingerprint density at radius 3 is 1.62 bits per heavy atom. The summed E-state index contributed by atoms with van der Waals surface area (Å²) >= 11 is 0. The van der Waals surface area contributed by atoms with Crippen LogP contribution in [0.4, 0.5) is 0 Å². The molecule has 0 saturated heterocycles. The maximum Gasteiger partial charge on any atom is 0.143 e. The van der Waals surface area contributed by atoms with E-state index in [4.69, 9.17) is 4.42 Å². The van der Waals surface area contributed by atoms with Gasteiger partial charge in [0.2, 0.25) is 0 Å². The minimum atomic E-state index is 0.918. The quantitative estimate of drug-likeness (QED) is 0.189. The molecule has 0 N–H and O–H groups in total. The molecule has 0 bridgehead atoms. The Morgan fingerprint density at radius 1 is 0.362 bits per heavy atom. The number of hydrogen-bond donors (Lipinski definition) is 0. The van der Waals surface area contributed by atoms with Crippen molar-refractivity contribution in [1.82, 2.24) is 4.98 Å². The normalized spacial score (nSPS) is 11.8. The predicted molar refractivity (Wildman–Crippen MR) is 197 cm³/mol. The average Bonchev–Trinajstić information content (AvgIpc) is 3.53. The van der Waals surface area contributed by atoms with Gasteiger partial charge in [-0.15, -0.1) is 0 Å². The summed E-state index contributed by atoms with van der Waals surface area (Å²) in [6.45, 7) is 0. The zero-order valence-corrected chi connectivity index (χ0v) is 25.4. The summed E-state index contributed by atoms with van der Waals surface area (Å²) in [6, 6.07) is 54.9. The van der Waals surface area contributed by atoms with Gasteiger partial charge in [0.15, 0.2) is 0 Å². The summed E-state index contributed by atoms with van der Waals surface area (Å²) in [4.78, 5) is 4.20. The lowest BCUT2D eigenvalue weighted by Gasteiger charge is -2.17. The van der Waals surface area contributed by atoms with Gasteiger partial charge in [-0.3, -0.25) is 4.98 Å². The molecule has 2 heterocycles. The summed E-state index contributed by atoms with van der Waals surface area (Å²) in [6.07, 6.45) is 3.70. The molecule has 0 atom stereocenters. The molecule has 0 saturated carbocycles. The van der Waals surface area contributed by atoms with Crippen molar-refractivity contribution in [2.24, 2.45) is 0 Å². The first-order valence-electron chi connectivity index (χ1n) is 16.0. The van der Waals surface area contributed by atoms with E-state index >= 15 is 0 Å². The smallest absolute Gasteiger partial charge is 0.143 e. The van der Waals surface area contributed by atoms with E-state index in [1.54, 1.807) is 0 Å². The van der Waals surface area contributed by atoms with Gasteiger partial charge in [-0.05, 0) is 102 Å². The number of benzene rings is 8.